The van der Waals surface area contributed by atoms with Crippen LogP contribution >= 0.6 is 11.8 Å². The summed E-state index contributed by atoms with van der Waals surface area (Å²) in [7, 11) is 1.28. The molecular weight excluding hydrogens is 240 g/mol. The number of hydrogen-bond donors (Lipinski definition) is 0. The highest BCUT2D eigenvalue weighted by atomic mass is 32.2. The van der Waals surface area contributed by atoms with Gasteiger partial charge in [0, 0.05) is 0 Å². The predicted molar refractivity (Wildman–Crippen MR) is 63.3 cm³/mol. The van der Waals surface area contributed by atoms with E-state index in [9.17, 15) is 9.59 Å². The number of rotatable bonds is 1. The molecule has 1 aromatic rings. The van der Waals surface area contributed by atoms with Crippen LogP contribution in [-0.4, -0.2) is 30.7 Å². The average molecular weight is 252 g/mol. The maximum atomic E-state index is 11.7. The molecule has 90 valence electrons. The molecule has 2 rings (SSSR count). The first kappa shape index (κ1) is 12.0. The summed E-state index contributed by atoms with van der Waals surface area (Å²) in [5, 5.41) is -0.831. The van der Waals surface area contributed by atoms with Crippen LogP contribution < -0.4 is 4.74 Å². The van der Waals surface area contributed by atoms with Gasteiger partial charge in [-0.2, -0.15) is 0 Å². The number of ketones is 1. The fraction of sp³-hybridized carbons (Fsp3) is 0.333. The molecule has 0 saturated heterocycles. The summed E-state index contributed by atoms with van der Waals surface area (Å²) in [6.07, 6.45) is 0. The fourth-order valence-corrected chi connectivity index (χ4v) is 2.67. The Labute approximate surface area is 103 Å². The standard InChI is InChI=1S/C12H12O4S/c1-7-3-4-9-10(5-7)17-11(12(14)15-2)8(13)6-16-9/h3-5,11H,6H2,1-2H3. The number of fused-ring (bicyclic) bond motifs is 1. The van der Waals surface area contributed by atoms with Crippen molar-refractivity contribution in [3.8, 4) is 5.75 Å². The number of methoxy groups -OCH3 is 1. The van der Waals surface area contributed by atoms with E-state index in [0.717, 1.165) is 10.5 Å². The predicted octanol–water partition coefficient (Wildman–Crippen LogP) is 1.59. The maximum Gasteiger partial charge on any atom is 0.326 e. The number of hydrogen-bond acceptors (Lipinski definition) is 5. The van der Waals surface area contributed by atoms with Gasteiger partial charge in [0.2, 0.25) is 0 Å². The van der Waals surface area contributed by atoms with Crippen molar-refractivity contribution in [1.29, 1.82) is 0 Å². The number of benzene rings is 1. The smallest absolute Gasteiger partial charge is 0.326 e. The third-order valence-electron chi connectivity index (χ3n) is 2.42. The van der Waals surface area contributed by atoms with E-state index in [1.807, 2.05) is 25.1 Å². The molecule has 0 bridgehead atoms. The number of esters is 1. The van der Waals surface area contributed by atoms with Crippen molar-refractivity contribution in [2.24, 2.45) is 0 Å². The monoisotopic (exact) mass is 252 g/mol. The zero-order valence-electron chi connectivity index (χ0n) is 9.56. The van der Waals surface area contributed by atoms with Gasteiger partial charge in [0.1, 0.15) is 12.4 Å². The number of Topliss-reactive ketones (excluding diaryl/α,β-unsaturated/α-hetero) is 1. The third kappa shape index (κ3) is 2.44. The van der Waals surface area contributed by atoms with Crippen LogP contribution in [0.3, 0.4) is 0 Å². The Morgan fingerprint density at radius 3 is 3.00 bits per heavy atom. The molecule has 1 heterocycles. The van der Waals surface area contributed by atoms with Crippen LogP contribution in [0.4, 0.5) is 0 Å². The van der Waals surface area contributed by atoms with Crippen LogP contribution in [0, 0.1) is 6.92 Å². The SMILES string of the molecule is COC(=O)C1Sc2cc(C)ccc2OCC1=O. The number of carbonyl (C=O) groups excluding carboxylic acids is 2. The Bertz CT molecular complexity index is 470. The van der Waals surface area contributed by atoms with Gasteiger partial charge < -0.3 is 9.47 Å². The normalized spacial score (nSPS) is 18.9. The van der Waals surface area contributed by atoms with Crippen LogP contribution in [-0.2, 0) is 14.3 Å². The van der Waals surface area contributed by atoms with E-state index in [0.29, 0.717) is 5.75 Å². The number of ether oxygens (including phenoxy) is 2. The molecule has 0 aliphatic carbocycles. The van der Waals surface area contributed by atoms with Gasteiger partial charge >= 0.3 is 5.97 Å². The van der Waals surface area contributed by atoms with E-state index < -0.39 is 11.2 Å². The van der Waals surface area contributed by atoms with E-state index in [2.05, 4.69) is 4.74 Å². The molecule has 0 aromatic heterocycles. The van der Waals surface area contributed by atoms with Crippen LogP contribution in [0.25, 0.3) is 0 Å². The summed E-state index contributed by atoms with van der Waals surface area (Å²) in [4.78, 5) is 24.0. The maximum absolute atomic E-state index is 11.7. The second-order valence-electron chi connectivity index (χ2n) is 3.73. The van der Waals surface area contributed by atoms with Crippen LogP contribution in [0.1, 0.15) is 5.56 Å². The first-order chi connectivity index (χ1) is 8.11. The molecule has 1 atom stereocenters. The topological polar surface area (TPSA) is 52.6 Å². The molecule has 4 nitrogen and oxygen atoms in total. The molecule has 1 unspecified atom stereocenters. The Morgan fingerprint density at radius 2 is 2.29 bits per heavy atom. The molecule has 1 aliphatic rings. The van der Waals surface area contributed by atoms with Gasteiger partial charge in [0.15, 0.2) is 11.0 Å². The first-order valence-corrected chi connectivity index (χ1v) is 6.00. The number of carbonyl (C=O) groups is 2. The fourth-order valence-electron chi connectivity index (χ4n) is 1.53. The molecule has 0 saturated carbocycles. The molecule has 0 radical (unpaired) electrons. The molecule has 0 amide bonds. The average Bonchev–Trinajstić information content (AvgIpc) is 2.48. The molecule has 5 heteroatoms. The second kappa shape index (κ2) is 4.79. The third-order valence-corrected chi connectivity index (χ3v) is 3.69. The van der Waals surface area contributed by atoms with E-state index >= 15 is 0 Å². The lowest BCUT2D eigenvalue weighted by Crippen LogP contribution is -2.30. The van der Waals surface area contributed by atoms with Gasteiger partial charge in [0.05, 0.1) is 12.0 Å². The summed E-state index contributed by atoms with van der Waals surface area (Å²) in [5.74, 6) is -0.158. The lowest BCUT2D eigenvalue weighted by molar-refractivity contribution is -0.142. The van der Waals surface area contributed by atoms with Crippen LogP contribution in [0.2, 0.25) is 0 Å². The first-order valence-electron chi connectivity index (χ1n) is 5.12. The van der Waals surface area contributed by atoms with Gasteiger partial charge in [-0.1, -0.05) is 17.8 Å². The molecule has 0 fully saturated rings. The van der Waals surface area contributed by atoms with Crippen LogP contribution in [0.5, 0.6) is 5.75 Å². The van der Waals surface area contributed by atoms with Crippen molar-refractivity contribution in [3.63, 3.8) is 0 Å². The minimum atomic E-state index is -0.831. The Morgan fingerprint density at radius 1 is 1.53 bits per heavy atom. The van der Waals surface area contributed by atoms with Crippen molar-refractivity contribution in [2.75, 3.05) is 13.7 Å². The van der Waals surface area contributed by atoms with Gasteiger partial charge in [-0.05, 0) is 24.6 Å². The Hall–Kier alpha value is -1.49. The van der Waals surface area contributed by atoms with E-state index in [1.54, 1.807) is 0 Å². The molecule has 0 spiro atoms. The van der Waals surface area contributed by atoms with Gasteiger partial charge in [-0.3, -0.25) is 9.59 Å². The van der Waals surface area contributed by atoms with Crippen molar-refractivity contribution in [1.82, 2.24) is 0 Å². The number of aryl methyl sites for hydroxylation is 1. The van der Waals surface area contributed by atoms with Gasteiger partial charge in [0.25, 0.3) is 0 Å². The largest absolute Gasteiger partial charge is 0.485 e. The van der Waals surface area contributed by atoms with Crippen molar-refractivity contribution < 1.29 is 19.1 Å². The van der Waals surface area contributed by atoms with Gasteiger partial charge in [-0.15, -0.1) is 0 Å². The van der Waals surface area contributed by atoms with Crippen molar-refractivity contribution in [2.45, 2.75) is 17.1 Å². The summed E-state index contributed by atoms with van der Waals surface area (Å²) in [6, 6.07) is 5.61. The second-order valence-corrected chi connectivity index (χ2v) is 4.87. The highest BCUT2D eigenvalue weighted by Gasteiger charge is 2.32. The molecule has 1 aromatic carbocycles. The summed E-state index contributed by atoms with van der Waals surface area (Å²) in [6.45, 7) is 1.85. The highest BCUT2D eigenvalue weighted by molar-refractivity contribution is 8.01. The van der Waals surface area contributed by atoms with Crippen molar-refractivity contribution in [3.05, 3.63) is 23.8 Å². The van der Waals surface area contributed by atoms with Crippen molar-refractivity contribution >= 4 is 23.5 Å². The van der Waals surface area contributed by atoms with Crippen LogP contribution in [0.15, 0.2) is 23.1 Å². The quantitative estimate of drug-likeness (QED) is 0.561. The van der Waals surface area contributed by atoms with E-state index in [-0.39, 0.29) is 12.4 Å². The zero-order chi connectivity index (χ0) is 12.4. The zero-order valence-corrected chi connectivity index (χ0v) is 10.4. The Balaban J connectivity index is 2.35. The van der Waals surface area contributed by atoms with E-state index in [1.165, 1.54) is 18.9 Å². The molecule has 1 aliphatic heterocycles. The lowest BCUT2D eigenvalue weighted by atomic mass is 10.2. The minimum absolute atomic E-state index is 0.0944. The molecular formula is C12H12O4S. The summed E-state index contributed by atoms with van der Waals surface area (Å²) >= 11 is 1.18. The minimum Gasteiger partial charge on any atom is -0.485 e. The van der Waals surface area contributed by atoms with Gasteiger partial charge in [-0.25, -0.2) is 0 Å². The molecule has 0 N–H and O–H groups in total. The van der Waals surface area contributed by atoms with E-state index in [4.69, 9.17) is 4.74 Å². The number of thioether (sulfide) groups is 1. The molecule has 17 heavy (non-hydrogen) atoms. The summed E-state index contributed by atoms with van der Waals surface area (Å²) < 4.78 is 9.99. The summed E-state index contributed by atoms with van der Waals surface area (Å²) in [5.41, 5.74) is 1.05. The lowest BCUT2D eigenvalue weighted by Gasteiger charge is -2.09. The highest BCUT2D eigenvalue weighted by Crippen LogP contribution is 2.36. The Kier molecular flexibility index (Phi) is 3.38.